The Morgan fingerprint density at radius 1 is 1.58 bits per heavy atom. The Morgan fingerprint density at radius 2 is 2.33 bits per heavy atom. The summed E-state index contributed by atoms with van der Waals surface area (Å²) in [5.74, 6) is 0.725. The van der Waals surface area contributed by atoms with E-state index in [1.807, 2.05) is 24.3 Å². The fraction of sp³-hybridized carbons (Fsp3) is 0.200. The van der Waals surface area contributed by atoms with Gasteiger partial charge < -0.3 is 10.5 Å². The molecule has 0 aliphatic rings. The van der Waals surface area contributed by atoms with Crippen LogP contribution in [0.2, 0.25) is 0 Å². The Bertz CT molecular complexity index is 281. The molecule has 1 aromatic rings. The molecule has 0 aliphatic heterocycles. The van der Waals surface area contributed by atoms with Crippen LogP contribution in [0.25, 0.3) is 0 Å². The standard InChI is InChI=1S/C10H13NO/c1-3-4-8-5-6-10(12-2)9(11)7-8/h3,5-7H,1,4,11H2,2H3. The predicted octanol–water partition coefficient (Wildman–Crippen LogP) is 2.01. The van der Waals surface area contributed by atoms with Crippen molar-refractivity contribution in [3.63, 3.8) is 0 Å². The maximum atomic E-state index is 5.70. The third-order valence-electron chi connectivity index (χ3n) is 1.67. The van der Waals surface area contributed by atoms with Crippen molar-refractivity contribution >= 4 is 5.69 Å². The molecule has 0 aromatic heterocycles. The Balaban J connectivity index is 2.93. The van der Waals surface area contributed by atoms with Gasteiger partial charge in [0.05, 0.1) is 12.8 Å². The average molecular weight is 163 g/mol. The lowest BCUT2D eigenvalue weighted by atomic mass is 10.1. The molecule has 0 amide bonds. The number of rotatable bonds is 3. The molecule has 64 valence electrons. The number of benzene rings is 1. The Hall–Kier alpha value is -1.44. The minimum atomic E-state index is 0.678. The van der Waals surface area contributed by atoms with Gasteiger partial charge in [0.25, 0.3) is 0 Å². The zero-order valence-electron chi connectivity index (χ0n) is 7.21. The van der Waals surface area contributed by atoms with Crippen LogP contribution in [0.15, 0.2) is 30.9 Å². The normalized spacial score (nSPS) is 9.42. The molecule has 0 aliphatic carbocycles. The van der Waals surface area contributed by atoms with Gasteiger partial charge >= 0.3 is 0 Å². The van der Waals surface area contributed by atoms with Gasteiger partial charge in [0.1, 0.15) is 5.75 Å². The first-order chi connectivity index (χ1) is 5.77. The summed E-state index contributed by atoms with van der Waals surface area (Å²) in [4.78, 5) is 0. The topological polar surface area (TPSA) is 35.2 Å². The van der Waals surface area contributed by atoms with E-state index >= 15 is 0 Å². The fourth-order valence-electron chi connectivity index (χ4n) is 1.08. The molecule has 0 unspecified atom stereocenters. The van der Waals surface area contributed by atoms with E-state index < -0.39 is 0 Å². The molecular weight excluding hydrogens is 150 g/mol. The van der Waals surface area contributed by atoms with Crippen molar-refractivity contribution in [3.05, 3.63) is 36.4 Å². The molecule has 2 N–H and O–H groups in total. The molecule has 1 rings (SSSR count). The van der Waals surface area contributed by atoms with Crippen LogP contribution in [0.1, 0.15) is 5.56 Å². The summed E-state index contributed by atoms with van der Waals surface area (Å²) in [5.41, 5.74) is 7.54. The quantitative estimate of drug-likeness (QED) is 0.546. The van der Waals surface area contributed by atoms with Crippen LogP contribution >= 0.6 is 0 Å². The molecule has 0 spiro atoms. The molecule has 12 heavy (non-hydrogen) atoms. The second kappa shape index (κ2) is 3.81. The predicted molar refractivity (Wildman–Crippen MR) is 51.3 cm³/mol. The molecule has 0 radical (unpaired) electrons. The van der Waals surface area contributed by atoms with Crippen LogP contribution in [-0.4, -0.2) is 7.11 Å². The number of anilines is 1. The summed E-state index contributed by atoms with van der Waals surface area (Å²) >= 11 is 0. The Labute approximate surface area is 72.7 Å². The van der Waals surface area contributed by atoms with E-state index in [1.54, 1.807) is 7.11 Å². The lowest BCUT2D eigenvalue weighted by Crippen LogP contribution is -1.93. The summed E-state index contributed by atoms with van der Waals surface area (Å²) in [7, 11) is 1.61. The summed E-state index contributed by atoms with van der Waals surface area (Å²) in [6.45, 7) is 3.66. The van der Waals surface area contributed by atoms with E-state index in [0.29, 0.717) is 5.69 Å². The number of hydrogen-bond donors (Lipinski definition) is 1. The first kappa shape index (κ1) is 8.65. The van der Waals surface area contributed by atoms with Crippen LogP contribution in [0, 0.1) is 0 Å². The monoisotopic (exact) mass is 163 g/mol. The highest BCUT2D eigenvalue weighted by Crippen LogP contribution is 2.21. The minimum Gasteiger partial charge on any atom is -0.495 e. The Morgan fingerprint density at radius 3 is 2.83 bits per heavy atom. The van der Waals surface area contributed by atoms with Crippen molar-refractivity contribution in [1.29, 1.82) is 0 Å². The van der Waals surface area contributed by atoms with Crippen molar-refractivity contribution < 1.29 is 4.74 Å². The third kappa shape index (κ3) is 1.78. The van der Waals surface area contributed by atoms with E-state index in [4.69, 9.17) is 10.5 Å². The van der Waals surface area contributed by atoms with Gasteiger partial charge in [-0.25, -0.2) is 0 Å². The maximum absolute atomic E-state index is 5.70. The fourth-order valence-corrected chi connectivity index (χ4v) is 1.08. The summed E-state index contributed by atoms with van der Waals surface area (Å²) < 4.78 is 5.03. The first-order valence-electron chi connectivity index (χ1n) is 3.81. The maximum Gasteiger partial charge on any atom is 0.141 e. The van der Waals surface area contributed by atoms with E-state index in [1.165, 1.54) is 0 Å². The van der Waals surface area contributed by atoms with Crippen LogP contribution in [0.3, 0.4) is 0 Å². The number of ether oxygens (including phenoxy) is 1. The average Bonchev–Trinajstić information content (AvgIpc) is 2.05. The van der Waals surface area contributed by atoms with Gasteiger partial charge in [0, 0.05) is 0 Å². The lowest BCUT2D eigenvalue weighted by molar-refractivity contribution is 0.417. The van der Waals surface area contributed by atoms with Gasteiger partial charge in [-0.3, -0.25) is 0 Å². The summed E-state index contributed by atoms with van der Waals surface area (Å²) in [5, 5.41) is 0. The van der Waals surface area contributed by atoms with Gasteiger partial charge in [0.2, 0.25) is 0 Å². The SMILES string of the molecule is C=CCc1ccc(OC)c(N)c1. The van der Waals surface area contributed by atoms with E-state index in [2.05, 4.69) is 6.58 Å². The van der Waals surface area contributed by atoms with Gasteiger partial charge in [-0.15, -0.1) is 6.58 Å². The van der Waals surface area contributed by atoms with E-state index in [9.17, 15) is 0 Å². The molecule has 0 atom stereocenters. The van der Waals surface area contributed by atoms with Crippen molar-refractivity contribution in [2.24, 2.45) is 0 Å². The van der Waals surface area contributed by atoms with Crippen molar-refractivity contribution in [2.75, 3.05) is 12.8 Å². The number of hydrogen-bond acceptors (Lipinski definition) is 2. The minimum absolute atomic E-state index is 0.678. The van der Waals surface area contributed by atoms with Crippen LogP contribution in [0.5, 0.6) is 5.75 Å². The van der Waals surface area contributed by atoms with Crippen molar-refractivity contribution in [3.8, 4) is 5.75 Å². The highest BCUT2D eigenvalue weighted by atomic mass is 16.5. The second-order valence-electron chi connectivity index (χ2n) is 2.57. The molecule has 0 fully saturated rings. The summed E-state index contributed by atoms with van der Waals surface area (Å²) in [6.07, 6.45) is 2.69. The summed E-state index contributed by atoms with van der Waals surface area (Å²) in [6, 6.07) is 5.76. The number of methoxy groups -OCH3 is 1. The van der Waals surface area contributed by atoms with Gasteiger partial charge in [0.15, 0.2) is 0 Å². The number of nitrogen functional groups attached to an aromatic ring is 1. The van der Waals surface area contributed by atoms with E-state index in [-0.39, 0.29) is 0 Å². The Kier molecular flexibility index (Phi) is 2.75. The second-order valence-corrected chi connectivity index (χ2v) is 2.57. The molecule has 0 heterocycles. The van der Waals surface area contributed by atoms with Gasteiger partial charge in [-0.2, -0.15) is 0 Å². The molecule has 0 saturated heterocycles. The zero-order chi connectivity index (χ0) is 8.97. The van der Waals surface area contributed by atoms with E-state index in [0.717, 1.165) is 17.7 Å². The lowest BCUT2D eigenvalue weighted by Gasteiger charge is -2.05. The molecule has 0 saturated carbocycles. The number of allylic oxidation sites excluding steroid dienone is 1. The highest BCUT2D eigenvalue weighted by molar-refractivity contribution is 5.54. The largest absolute Gasteiger partial charge is 0.495 e. The molecule has 1 aromatic carbocycles. The zero-order valence-corrected chi connectivity index (χ0v) is 7.21. The number of nitrogens with two attached hydrogens (primary N) is 1. The molecule has 2 nitrogen and oxygen atoms in total. The van der Waals surface area contributed by atoms with Crippen molar-refractivity contribution in [1.82, 2.24) is 0 Å². The van der Waals surface area contributed by atoms with Crippen LogP contribution < -0.4 is 10.5 Å². The van der Waals surface area contributed by atoms with Crippen LogP contribution in [0.4, 0.5) is 5.69 Å². The third-order valence-corrected chi connectivity index (χ3v) is 1.67. The smallest absolute Gasteiger partial charge is 0.141 e. The first-order valence-corrected chi connectivity index (χ1v) is 3.81. The highest BCUT2D eigenvalue weighted by Gasteiger charge is 1.98. The van der Waals surface area contributed by atoms with Crippen LogP contribution in [-0.2, 0) is 6.42 Å². The van der Waals surface area contributed by atoms with Gasteiger partial charge in [-0.05, 0) is 24.1 Å². The van der Waals surface area contributed by atoms with Crippen molar-refractivity contribution in [2.45, 2.75) is 6.42 Å². The molecule has 2 heteroatoms. The van der Waals surface area contributed by atoms with Gasteiger partial charge in [-0.1, -0.05) is 12.1 Å². The molecular formula is C10H13NO. The molecule has 0 bridgehead atoms.